The number of hydrogen-bond donors (Lipinski definition) is 1. The van der Waals surface area contributed by atoms with E-state index in [0.717, 1.165) is 24.7 Å². The first-order valence-electron chi connectivity index (χ1n) is 7.36. The largest absolute Gasteiger partial charge is 0.393 e. The van der Waals surface area contributed by atoms with E-state index in [0.29, 0.717) is 0 Å². The summed E-state index contributed by atoms with van der Waals surface area (Å²) in [5.74, 6) is 1.80. The van der Waals surface area contributed by atoms with Crippen LogP contribution in [-0.4, -0.2) is 11.2 Å². The highest BCUT2D eigenvalue weighted by Crippen LogP contribution is 2.28. The fourth-order valence-corrected chi connectivity index (χ4v) is 2.77. The molecule has 1 N–H and O–H groups in total. The van der Waals surface area contributed by atoms with Crippen LogP contribution in [0.25, 0.3) is 0 Å². The van der Waals surface area contributed by atoms with E-state index in [1.807, 2.05) is 0 Å². The Labute approximate surface area is 102 Å². The molecule has 0 saturated heterocycles. The van der Waals surface area contributed by atoms with Crippen LogP contribution in [0.2, 0.25) is 0 Å². The molecule has 16 heavy (non-hydrogen) atoms. The molecule has 96 valence electrons. The molecule has 1 aliphatic carbocycles. The number of unbranched alkanes of at least 4 members (excludes halogenated alkanes) is 3. The third-order valence-electron chi connectivity index (χ3n) is 3.96. The molecule has 0 atom stereocenters. The van der Waals surface area contributed by atoms with Gasteiger partial charge in [-0.3, -0.25) is 0 Å². The van der Waals surface area contributed by atoms with Crippen LogP contribution in [0.15, 0.2) is 0 Å². The van der Waals surface area contributed by atoms with E-state index < -0.39 is 0 Å². The van der Waals surface area contributed by atoms with Gasteiger partial charge in [0, 0.05) is 0 Å². The van der Waals surface area contributed by atoms with Crippen molar-refractivity contribution in [1.82, 2.24) is 0 Å². The Bertz CT molecular complexity index is 157. The molecule has 1 saturated carbocycles. The normalized spacial score (nSPS) is 26.2. The van der Waals surface area contributed by atoms with Crippen LogP contribution in [0.3, 0.4) is 0 Å². The van der Waals surface area contributed by atoms with Gasteiger partial charge in [0.1, 0.15) is 0 Å². The summed E-state index contributed by atoms with van der Waals surface area (Å²) in [6.07, 6.45) is 13.2. The predicted octanol–water partition coefficient (Wildman–Crippen LogP) is 4.53. The zero-order valence-electron chi connectivity index (χ0n) is 11.3. The van der Waals surface area contributed by atoms with Gasteiger partial charge < -0.3 is 5.11 Å². The molecule has 0 aromatic heterocycles. The van der Waals surface area contributed by atoms with Crippen LogP contribution in [0.1, 0.15) is 78.1 Å². The third-order valence-corrected chi connectivity index (χ3v) is 3.96. The van der Waals surface area contributed by atoms with E-state index in [4.69, 9.17) is 0 Å². The van der Waals surface area contributed by atoms with Crippen molar-refractivity contribution in [2.24, 2.45) is 11.8 Å². The van der Waals surface area contributed by atoms with Crippen molar-refractivity contribution < 1.29 is 5.11 Å². The predicted molar refractivity (Wildman–Crippen MR) is 70.5 cm³/mol. The molecule has 1 heteroatoms. The molecule has 0 aromatic rings. The van der Waals surface area contributed by atoms with Gasteiger partial charge in [0.25, 0.3) is 0 Å². The number of aliphatic hydroxyl groups excluding tert-OH is 1. The van der Waals surface area contributed by atoms with Gasteiger partial charge in [-0.2, -0.15) is 0 Å². The Morgan fingerprint density at radius 2 is 1.56 bits per heavy atom. The molecule has 0 bridgehead atoms. The summed E-state index contributed by atoms with van der Waals surface area (Å²) in [5.41, 5.74) is 0. The molecule has 0 radical (unpaired) electrons. The van der Waals surface area contributed by atoms with Crippen LogP contribution >= 0.6 is 0 Å². The lowest BCUT2D eigenvalue weighted by Gasteiger charge is -2.25. The fraction of sp³-hybridized carbons (Fsp3) is 1.00. The fourth-order valence-electron chi connectivity index (χ4n) is 2.77. The van der Waals surface area contributed by atoms with E-state index in [1.54, 1.807) is 0 Å². The van der Waals surface area contributed by atoms with Crippen LogP contribution < -0.4 is 0 Å². The summed E-state index contributed by atoms with van der Waals surface area (Å²) in [7, 11) is 0. The van der Waals surface area contributed by atoms with Gasteiger partial charge in [0.15, 0.2) is 0 Å². The summed E-state index contributed by atoms with van der Waals surface area (Å²) < 4.78 is 0. The molecule has 0 aromatic carbocycles. The summed E-state index contributed by atoms with van der Waals surface area (Å²) >= 11 is 0. The van der Waals surface area contributed by atoms with E-state index >= 15 is 0 Å². The SMILES string of the molecule is CC(C)CCCCCCC1CCC(O)CC1. The first kappa shape index (κ1) is 14.0. The van der Waals surface area contributed by atoms with E-state index in [9.17, 15) is 5.11 Å². The lowest BCUT2D eigenvalue weighted by molar-refractivity contribution is 0.106. The first-order chi connectivity index (χ1) is 7.68. The van der Waals surface area contributed by atoms with Gasteiger partial charge in [0.05, 0.1) is 6.10 Å². The van der Waals surface area contributed by atoms with Crippen molar-refractivity contribution in [3.63, 3.8) is 0 Å². The van der Waals surface area contributed by atoms with Gasteiger partial charge in [-0.1, -0.05) is 52.4 Å². The minimum atomic E-state index is 0.0160. The van der Waals surface area contributed by atoms with Gasteiger partial charge in [-0.05, 0) is 37.5 Å². The minimum Gasteiger partial charge on any atom is -0.393 e. The zero-order chi connectivity index (χ0) is 11.8. The van der Waals surface area contributed by atoms with Crippen molar-refractivity contribution in [2.45, 2.75) is 84.2 Å². The zero-order valence-corrected chi connectivity index (χ0v) is 11.3. The topological polar surface area (TPSA) is 20.2 Å². The monoisotopic (exact) mass is 226 g/mol. The van der Waals surface area contributed by atoms with Crippen LogP contribution in [0.4, 0.5) is 0 Å². The highest BCUT2D eigenvalue weighted by Gasteiger charge is 2.18. The maximum Gasteiger partial charge on any atom is 0.0540 e. The Morgan fingerprint density at radius 1 is 0.938 bits per heavy atom. The van der Waals surface area contributed by atoms with Gasteiger partial charge in [-0.25, -0.2) is 0 Å². The Morgan fingerprint density at radius 3 is 2.19 bits per heavy atom. The number of aliphatic hydroxyl groups is 1. The molecule has 1 nitrogen and oxygen atoms in total. The molecule has 0 heterocycles. The first-order valence-corrected chi connectivity index (χ1v) is 7.36. The maximum absolute atomic E-state index is 9.42. The molecule has 0 spiro atoms. The van der Waals surface area contributed by atoms with Gasteiger partial charge >= 0.3 is 0 Å². The van der Waals surface area contributed by atoms with Crippen LogP contribution in [0, 0.1) is 11.8 Å². The second kappa shape index (κ2) is 8.11. The second-order valence-electron chi connectivity index (χ2n) is 6.06. The highest BCUT2D eigenvalue weighted by atomic mass is 16.3. The van der Waals surface area contributed by atoms with Crippen molar-refractivity contribution in [3.8, 4) is 0 Å². The maximum atomic E-state index is 9.42. The molecule has 1 aliphatic rings. The average molecular weight is 226 g/mol. The number of hydrogen-bond acceptors (Lipinski definition) is 1. The average Bonchev–Trinajstić information content (AvgIpc) is 2.25. The van der Waals surface area contributed by atoms with Gasteiger partial charge in [0.2, 0.25) is 0 Å². The highest BCUT2D eigenvalue weighted by molar-refractivity contribution is 4.71. The summed E-state index contributed by atoms with van der Waals surface area (Å²) in [6.45, 7) is 4.63. The van der Waals surface area contributed by atoms with Crippen molar-refractivity contribution >= 4 is 0 Å². The lowest BCUT2D eigenvalue weighted by Crippen LogP contribution is -2.17. The van der Waals surface area contributed by atoms with E-state index in [-0.39, 0.29) is 6.10 Å². The van der Waals surface area contributed by atoms with Crippen LogP contribution in [-0.2, 0) is 0 Å². The third kappa shape index (κ3) is 6.52. The van der Waals surface area contributed by atoms with Crippen molar-refractivity contribution in [1.29, 1.82) is 0 Å². The van der Waals surface area contributed by atoms with Crippen molar-refractivity contribution in [3.05, 3.63) is 0 Å². The Balaban J connectivity index is 1.87. The van der Waals surface area contributed by atoms with Crippen molar-refractivity contribution in [2.75, 3.05) is 0 Å². The number of rotatable bonds is 7. The second-order valence-corrected chi connectivity index (χ2v) is 6.06. The molecular formula is C15H30O. The van der Waals surface area contributed by atoms with E-state index in [1.165, 1.54) is 51.4 Å². The Hall–Kier alpha value is -0.0400. The quantitative estimate of drug-likeness (QED) is 0.632. The molecule has 0 aliphatic heterocycles. The summed E-state index contributed by atoms with van der Waals surface area (Å²) in [6, 6.07) is 0. The molecule has 0 amide bonds. The standard InChI is InChI=1S/C15H30O/c1-13(2)7-5-3-4-6-8-14-9-11-15(16)12-10-14/h13-16H,3-12H2,1-2H3. The van der Waals surface area contributed by atoms with Gasteiger partial charge in [-0.15, -0.1) is 0 Å². The summed E-state index contributed by atoms with van der Waals surface area (Å²) in [5, 5.41) is 9.42. The summed E-state index contributed by atoms with van der Waals surface area (Å²) in [4.78, 5) is 0. The van der Waals surface area contributed by atoms with E-state index in [2.05, 4.69) is 13.8 Å². The molecule has 1 rings (SSSR count). The Kier molecular flexibility index (Phi) is 7.11. The minimum absolute atomic E-state index is 0.0160. The van der Waals surface area contributed by atoms with Crippen LogP contribution in [0.5, 0.6) is 0 Å². The smallest absolute Gasteiger partial charge is 0.0540 e. The lowest BCUT2D eigenvalue weighted by atomic mass is 9.84. The molecular weight excluding hydrogens is 196 g/mol. The molecule has 1 fully saturated rings. The molecule has 0 unspecified atom stereocenters.